The highest BCUT2D eigenvalue weighted by Crippen LogP contribution is 2.15. The molecule has 0 saturated carbocycles. The van der Waals surface area contributed by atoms with Crippen molar-refractivity contribution in [3.05, 3.63) is 79.9 Å². The maximum atomic E-state index is 11.7. The summed E-state index contributed by atoms with van der Waals surface area (Å²) in [4.78, 5) is 32.1. The van der Waals surface area contributed by atoms with Crippen LogP contribution in [-0.2, 0) is 11.2 Å². The van der Waals surface area contributed by atoms with E-state index in [1.54, 1.807) is 6.07 Å². The summed E-state index contributed by atoms with van der Waals surface area (Å²) < 4.78 is 0. The van der Waals surface area contributed by atoms with Crippen molar-refractivity contribution in [3.8, 4) is 0 Å². The summed E-state index contributed by atoms with van der Waals surface area (Å²) in [6.07, 6.45) is 1.16. The highest BCUT2D eigenvalue weighted by molar-refractivity contribution is 5.86. The molecule has 0 aromatic heterocycles. The van der Waals surface area contributed by atoms with Crippen molar-refractivity contribution in [2.75, 3.05) is 0 Å². The molecule has 0 atom stereocenters. The van der Waals surface area contributed by atoms with E-state index in [4.69, 9.17) is 0 Å². The molecule has 0 radical (unpaired) electrons. The van der Waals surface area contributed by atoms with Crippen molar-refractivity contribution < 1.29 is 14.6 Å². The third-order valence-corrected chi connectivity index (χ3v) is 3.04. The van der Waals surface area contributed by atoms with Gasteiger partial charge >= 0.3 is 0 Å². The first-order chi connectivity index (χ1) is 11.5. The summed E-state index contributed by atoms with van der Waals surface area (Å²) in [5.74, 6) is -0.446. The minimum absolute atomic E-state index is 0.0216. The Kier molecular flexibility index (Phi) is 5.29. The molecule has 9 heteroatoms. The van der Waals surface area contributed by atoms with E-state index in [9.17, 15) is 25.0 Å². The van der Waals surface area contributed by atoms with Gasteiger partial charge in [0.2, 0.25) is 5.91 Å². The minimum atomic E-state index is -0.542. The molecule has 2 rings (SSSR count). The van der Waals surface area contributed by atoms with Crippen molar-refractivity contribution in [1.29, 1.82) is 0 Å². The number of non-ortho nitro benzene ring substituents is 1. The van der Waals surface area contributed by atoms with Crippen LogP contribution < -0.4 is 5.43 Å². The zero-order chi connectivity index (χ0) is 17.5. The van der Waals surface area contributed by atoms with Gasteiger partial charge in [-0.25, -0.2) is 5.43 Å². The number of hydrogen-bond donors (Lipinski definition) is 1. The molecule has 1 N–H and O–H groups in total. The maximum Gasteiger partial charge on any atom is 0.278 e. The monoisotopic (exact) mass is 328 g/mol. The molecule has 2 aromatic carbocycles. The van der Waals surface area contributed by atoms with Gasteiger partial charge in [0.15, 0.2) is 0 Å². The average Bonchev–Trinajstić information content (AvgIpc) is 2.55. The number of hydrogen-bond acceptors (Lipinski definition) is 6. The molecule has 0 aliphatic rings. The number of para-hydroxylation sites is 1. The van der Waals surface area contributed by atoms with Gasteiger partial charge in [-0.15, -0.1) is 0 Å². The lowest BCUT2D eigenvalue weighted by Gasteiger charge is -2.00. The van der Waals surface area contributed by atoms with Gasteiger partial charge in [0, 0.05) is 18.2 Å². The van der Waals surface area contributed by atoms with E-state index in [0.29, 0.717) is 5.56 Å². The lowest BCUT2D eigenvalue weighted by molar-refractivity contribution is -0.385. The molecule has 0 fully saturated rings. The fourth-order valence-electron chi connectivity index (χ4n) is 1.90. The molecular formula is C15H12N4O5. The number of nitrogens with zero attached hydrogens (tertiary/aromatic N) is 3. The predicted molar refractivity (Wildman–Crippen MR) is 85.6 cm³/mol. The fraction of sp³-hybridized carbons (Fsp3) is 0.0667. The van der Waals surface area contributed by atoms with Crippen LogP contribution in [0.15, 0.2) is 53.6 Å². The van der Waals surface area contributed by atoms with Crippen LogP contribution in [-0.4, -0.2) is 22.0 Å². The van der Waals surface area contributed by atoms with E-state index in [0.717, 1.165) is 0 Å². The van der Waals surface area contributed by atoms with Crippen LogP contribution >= 0.6 is 0 Å². The van der Waals surface area contributed by atoms with E-state index >= 15 is 0 Å². The predicted octanol–water partition coefficient (Wildman–Crippen LogP) is 2.20. The Morgan fingerprint density at radius 3 is 2.33 bits per heavy atom. The van der Waals surface area contributed by atoms with Gasteiger partial charge in [-0.3, -0.25) is 25.0 Å². The van der Waals surface area contributed by atoms with Crippen LogP contribution in [0.1, 0.15) is 11.1 Å². The minimum Gasteiger partial charge on any atom is -0.273 e. The second kappa shape index (κ2) is 7.58. The molecule has 0 aliphatic heterocycles. The van der Waals surface area contributed by atoms with E-state index in [1.807, 2.05) is 0 Å². The van der Waals surface area contributed by atoms with Crippen LogP contribution in [0.25, 0.3) is 0 Å². The van der Waals surface area contributed by atoms with Gasteiger partial charge in [-0.05, 0) is 11.6 Å². The number of nitrogens with one attached hydrogen (secondary N) is 1. The number of nitro groups is 2. The third kappa shape index (κ3) is 4.44. The maximum absolute atomic E-state index is 11.7. The SMILES string of the molecule is O=C(Cc1ccc([N+](=O)[O-])cc1)N/N=C/c1ccccc1[N+](=O)[O-]. The zero-order valence-electron chi connectivity index (χ0n) is 12.3. The summed E-state index contributed by atoms with van der Waals surface area (Å²) in [6.45, 7) is 0. The summed E-state index contributed by atoms with van der Waals surface area (Å²) in [6, 6.07) is 11.5. The van der Waals surface area contributed by atoms with Crippen LogP contribution in [0.2, 0.25) is 0 Å². The molecule has 122 valence electrons. The third-order valence-electron chi connectivity index (χ3n) is 3.04. The Morgan fingerprint density at radius 2 is 1.71 bits per heavy atom. The lowest BCUT2D eigenvalue weighted by atomic mass is 10.1. The topological polar surface area (TPSA) is 128 Å². The number of carbonyl (C=O) groups is 1. The highest BCUT2D eigenvalue weighted by Gasteiger charge is 2.10. The van der Waals surface area contributed by atoms with Gasteiger partial charge in [0.05, 0.1) is 28.0 Å². The number of carbonyl (C=O) groups excluding carboxylic acids is 1. The van der Waals surface area contributed by atoms with Crippen molar-refractivity contribution in [2.45, 2.75) is 6.42 Å². The van der Waals surface area contributed by atoms with Gasteiger partial charge in [-0.2, -0.15) is 5.10 Å². The Balaban J connectivity index is 1.96. The molecule has 0 spiro atoms. The van der Waals surface area contributed by atoms with Crippen molar-refractivity contribution in [1.82, 2.24) is 5.43 Å². The standard InChI is InChI=1S/C15H12N4O5/c20-15(9-11-5-7-13(8-6-11)18(21)22)17-16-10-12-3-1-2-4-14(12)19(23)24/h1-8,10H,9H2,(H,17,20)/b16-10+. The van der Waals surface area contributed by atoms with E-state index in [1.165, 1.54) is 48.7 Å². The summed E-state index contributed by atoms with van der Waals surface area (Å²) in [7, 11) is 0. The molecule has 9 nitrogen and oxygen atoms in total. The van der Waals surface area contributed by atoms with Gasteiger partial charge in [0.25, 0.3) is 11.4 Å². The summed E-state index contributed by atoms with van der Waals surface area (Å²) in [5, 5.41) is 25.1. The summed E-state index contributed by atoms with van der Waals surface area (Å²) >= 11 is 0. The number of hydrazone groups is 1. The molecule has 0 aliphatic carbocycles. The summed E-state index contributed by atoms with van der Waals surface area (Å²) in [5.41, 5.74) is 2.92. The van der Waals surface area contributed by atoms with E-state index in [2.05, 4.69) is 10.5 Å². The number of amides is 1. The normalized spacial score (nSPS) is 10.5. The van der Waals surface area contributed by atoms with Gasteiger partial charge < -0.3 is 0 Å². The smallest absolute Gasteiger partial charge is 0.273 e. The molecule has 0 heterocycles. The quantitative estimate of drug-likeness (QED) is 0.494. The molecule has 24 heavy (non-hydrogen) atoms. The molecule has 1 amide bonds. The van der Waals surface area contributed by atoms with Gasteiger partial charge in [-0.1, -0.05) is 24.3 Å². The molecule has 2 aromatic rings. The molecule has 0 unspecified atom stereocenters. The largest absolute Gasteiger partial charge is 0.278 e. The van der Waals surface area contributed by atoms with Crippen molar-refractivity contribution >= 4 is 23.5 Å². The van der Waals surface area contributed by atoms with Gasteiger partial charge in [0.1, 0.15) is 0 Å². The van der Waals surface area contributed by atoms with Crippen molar-refractivity contribution in [3.63, 3.8) is 0 Å². The fourth-order valence-corrected chi connectivity index (χ4v) is 1.90. The highest BCUT2D eigenvalue weighted by atomic mass is 16.6. The van der Waals surface area contributed by atoms with Crippen LogP contribution in [0.3, 0.4) is 0 Å². The first-order valence-corrected chi connectivity index (χ1v) is 6.76. The lowest BCUT2D eigenvalue weighted by Crippen LogP contribution is -2.19. The molecule has 0 saturated heterocycles. The van der Waals surface area contributed by atoms with Crippen LogP contribution in [0, 0.1) is 20.2 Å². The molecular weight excluding hydrogens is 316 g/mol. The Labute approximate surface area is 135 Å². The van der Waals surface area contributed by atoms with E-state index < -0.39 is 15.8 Å². The van der Waals surface area contributed by atoms with Crippen LogP contribution in [0.4, 0.5) is 11.4 Å². The zero-order valence-corrected chi connectivity index (χ0v) is 12.3. The average molecular weight is 328 g/mol. The second-order valence-corrected chi connectivity index (χ2v) is 4.71. The first-order valence-electron chi connectivity index (χ1n) is 6.76. The van der Waals surface area contributed by atoms with Crippen LogP contribution in [0.5, 0.6) is 0 Å². The Hall–Kier alpha value is -3.62. The Bertz CT molecular complexity index is 802. The first kappa shape index (κ1) is 16.7. The van der Waals surface area contributed by atoms with E-state index in [-0.39, 0.29) is 23.4 Å². The van der Waals surface area contributed by atoms with Crippen molar-refractivity contribution in [2.24, 2.45) is 5.10 Å². The second-order valence-electron chi connectivity index (χ2n) is 4.71. The number of nitro benzene ring substituents is 2. The number of benzene rings is 2. The Morgan fingerprint density at radius 1 is 1.04 bits per heavy atom. The molecule has 0 bridgehead atoms. The number of rotatable bonds is 6.